The van der Waals surface area contributed by atoms with Gasteiger partial charge in [-0.25, -0.2) is 4.68 Å². The summed E-state index contributed by atoms with van der Waals surface area (Å²) in [5.41, 5.74) is 1.96. The first-order valence-corrected chi connectivity index (χ1v) is 9.66. The third-order valence-corrected chi connectivity index (χ3v) is 5.48. The number of amides is 1. The van der Waals surface area contributed by atoms with Crippen molar-refractivity contribution < 1.29 is 14.3 Å². The Morgan fingerprint density at radius 2 is 1.97 bits per heavy atom. The van der Waals surface area contributed by atoms with Gasteiger partial charge in [-0.1, -0.05) is 24.3 Å². The Hall–Kier alpha value is -3.81. The summed E-state index contributed by atoms with van der Waals surface area (Å²) in [5.74, 6) is 1.19. The molecule has 30 heavy (non-hydrogen) atoms. The number of ether oxygens (including phenoxy) is 2. The van der Waals surface area contributed by atoms with Gasteiger partial charge in [-0.15, -0.1) is 0 Å². The summed E-state index contributed by atoms with van der Waals surface area (Å²) in [6, 6.07) is 12.6. The quantitative estimate of drug-likeness (QED) is 0.565. The Morgan fingerprint density at radius 3 is 2.83 bits per heavy atom. The number of hydrogen-bond donors (Lipinski definition) is 1. The molecule has 0 spiro atoms. The minimum atomic E-state index is -0.587. The summed E-state index contributed by atoms with van der Waals surface area (Å²) in [7, 11) is 1.61. The fraction of sp³-hybridized carbons (Fsp3) is 0.227. The van der Waals surface area contributed by atoms with Crippen LogP contribution in [-0.2, 0) is 18.4 Å². The lowest BCUT2D eigenvalue weighted by atomic mass is 10.2. The number of carbonyl (C=O) groups excluding carboxylic acids is 1. The van der Waals surface area contributed by atoms with Crippen molar-refractivity contribution in [2.45, 2.75) is 19.5 Å². The lowest BCUT2D eigenvalue weighted by molar-refractivity contribution is -0.123. The largest absolute Gasteiger partial charge is 0.454 e. The molecule has 152 valence electrons. The second-order valence-corrected chi connectivity index (χ2v) is 7.30. The molecule has 0 saturated carbocycles. The van der Waals surface area contributed by atoms with E-state index in [1.165, 1.54) is 4.68 Å². The van der Waals surface area contributed by atoms with E-state index in [9.17, 15) is 9.59 Å². The zero-order chi connectivity index (χ0) is 20.8. The van der Waals surface area contributed by atoms with Gasteiger partial charge in [0, 0.05) is 24.4 Å². The predicted molar refractivity (Wildman–Crippen MR) is 112 cm³/mol. The van der Waals surface area contributed by atoms with Crippen molar-refractivity contribution in [3.63, 3.8) is 0 Å². The molecule has 0 fully saturated rings. The van der Waals surface area contributed by atoms with Gasteiger partial charge in [-0.05, 0) is 30.7 Å². The molecule has 1 aliphatic heterocycles. The van der Waals surface area contributed by atoms with Crippen LogP contribution in [0.15, 0.2) is 53.5 Å². The number of para-hydroxylation sites is 1. The van der Waals surface area contributed by atoms with E-state index in [1.54, 1.807) is 24.7 Å². The molecule has 2 aromatic carbocycles. The topological polar surface area (TPSA) is 87.4 Å². The molecule has 2 aromatic heterocycles. The highest BCUT2D eigenvalue weighted by atomic mass is 16.7. The number of aryl methyl sites for hydroxylation is 1. The van der Waals surface area contributed by atoms with Crippen molar-refractivity contribution in [2.75, 3.05) is 6.79 Å². The van der Waals surface area contributed by atoms with Crippen molar-refractivity contribution in [1.82, 2.24) is 19.7 Å². The molecule has 5 rings (SSSR count). The van der Waals surface area contributed by atoms with Gasteiger partial charge in [-0.3, -0.25) is 9.59 Å². The second-order valence-electron chi connectivity index (χ2n) is 7.30. The van der Waals surface area contributed by atoms with Crippen molar-refractivity contribution in [1.29, 1.82) is 0 Å². The standard InChI is InChI=1S/C22H20N4O4/c1-13(21(27)23-10-14-7-8-18-19(9-14)30-12-29-18)26-17-6-4-3-5-15(17)16-11-24-25(2)22(28)20(16)26/h3-9,11,13H,10,12H2,1-2H3,(H,23,27)/t13-/m0/s1. The van der Waals surface area contributed by atoms with Crippen LogP contribution in [0.25, 0.3) is 21.8 Å². The summed E-state index contributed by atoms with van der Waals surface area (Å²) in [4.78, 5) is 25.9. The molecule has 4 aromatic rings. The molecular weight excluding hydrogens is 384 g/mol. The van der Waals surface area contributed by atoms with Gasteiger partial charge in [0.15, 0.2) is 11.5 Å². The van der Waals surface area contributed by atoms with E-state index < -0.39 is 6.04 Å². The number of aromatic nitrogens is 3. The molecule has 0 radical (unpaired) electrons. The van der Waals surface area contributed by atoms with E-state index in [-0.39, 0.29) is 18.3 Å². The maximum Gasteiger partial charge on any atom is 0.291 e. The maximum absolute atomic E-state index is 13.0. The van der Waals surface area contributed by atoms with Crippen LogP contribution in [0.2, 0.25) is 0 Å². The first-order valence-electron chi connectivity index (χ1n) is 9.66. The molecule has 0 unspecified atom stereocenters. The van der Waals surface area contributed by atoms with Gasteiger partial charge < -0.3 is 19.4 Å². The van der Waals surface area contributed by atoms with E-state index in [0.717, 1.165) is 21.9 Å². The SMILES string of the molecule is C[C@@H](C(=O)NCc1ccc2c(c1)OCO2)n1c2ccccc2c2cnn(C)c(=O)c21. The van der Waals surface area contributed by atoms with Crippen LogP contribution < -0.4 is 20.3 Å². The second kappa shape index (κ2) is 6.91. The number of nitrogens with zero attached hydrogens (tertiary/aromatic N) is 3. The van der Waals surface area contributed by atoms with Gasteiger partial charge in [0.2, 0.25) is 12.7 Å². The van der Waals surface area contributed by atoms with E-state index in [1.807, 2.05) is 42.5 Å². The summed E-state index contributed by atoms with van der Waals surface area (Å²) in [6.07, 6.45) is 1.67. The van der Waals surface area contributed by atoms with Gasteiger partial charge in [0.25, 0.3) is 5.56 Å². The van der Waals surface area contributed by atoms with Crippen LogP contribution in [0.4, 0.5) is 0 Å². The van der Waals surface area contributed by atoms with E-state index in [2.05, 4.69) is 10.4 Å². The fourth-order valence-corrected chi connectivity index (χ4v) is 3.90. The van der Waals surface area contributed by atoms with E-state index in [0.29, 0.717) is 23.6 Å². The van der Waals surface area contributed by atoms with Crippen LogP contribution in [0.1, 0.15) is 18.5 Å². The highest BCUT2D eigenvalue weighted by Gasteiger charge is 2.23. The van der Waals surface area contributed by atoms with Crippen LogP contribution in [0.5, 0.6) is 11.5 Å². The number of fused-ring (bicyclic) bond motifs is 4. The number of rotatable bonds is 4. The third-order valence-electron chi connectivity index (χ3n) is 5.48. The number of hydrogen-bond acceptors (Lipinski definition) is 5. The number of benzene rings is 2. The number of nitrogens with one attached hydrogen (secondary N) is 1. The Labute approximate surface area is 171 Å². The summed E-state index contributed by atoms with van der Waals surface area (Å²) >= 11 is 0. The van der Waals surface area contributed by atoms with Crippen LogP contribution in [0, 0.1) is 0 Å². The Morgan fingerprint density at radius 1 is 1.17 bits per heavy atom. The van der Waals surface area contributed by atoms with Gasteiger partial charge in [0.1, 0.15) is 11.6 Å². The molecular formula is C22H20N4O4. The lowest BCUT2D eigenvalue weighted by Gasteiger charge is -2.17. The lowest BCUT2D eigenvalue weighted by Crippen LogP contribution is -2.32. The zero-order valence-corrected chi connectivity index (χ0v) is 16.6. The minimum absolute atomic E-state index is 0.186. The third kappa shape index (κ3) is 2.80. The molecule has 0 bridgehead atoms. The highest BCUT2D eigenvalue weighted by molar-refractivity contribution is 6.08. The molecule has 1 aliphatic rings. The Bertz CT molecular complexity index is 1350. The molecule has 0 aliphatic carbocycles. The molecule has 1 atom stereocenters. The minimum Gasteiger partial charge on any atom is -0.454 e. The van der Waals surface area contributed by atoms with Gasteiger partial charge in [-0.2, -0.15) is 5.10 Å². The molecule has 1 amide bonds. The summed E-state index contributed by atoms with van der Waals surface area (Å²) in [5, 5.41) is 8.74. The maximum atomic E-state index is 13.0. The summed E-state index contributed by atoms with van der Waals surface area (Å²) < 4.78 is 13.8. The molecule has 1 N–H and O–H groups in total. The molecule has 8 nitrogen and oxygen atoms in total. The molecule has 0 saturated heterocycles. The monoisotopic (exact) mass is 404 g/mol. The van der Waals surface area contributed by atoms with Gasteiger partial charge >= 0.3 is 0 Å². The van der Waals surface area contributed by atoms with Crippen molar-refractivity contribution in [2.24, 2.45) is 7.05 Å². The smallest absolute Gasteiger partial charge is 0.291 e. The fourth-order valence-electron chi connectivity index (χ4n) is 3.90. The predicted octanol–water partition coefficient (Wildman–Crippen LogP) is 2.49. The molecule has 3 heterocycles. The Balaban J connectivity index is 1.49. The van der Waals surface area contributed by atoms with Crippen LogP contribution >= 0.6 is 0 Å². The van der Waals surface area contributed by atoms with Crippen LogP contribution in [0.3, 0.4) is 0 Å². The van der Waals surface area contributed by atoms with Crippen molar-refractivity contribution >= 4 is 27.7 Å². The van der Waals surface area contributed by atoms with E-state index >= 15 is 0 Å². The van der Waals surface area contributed by atoms with Crippen molar-refractivity contribution in [3.8, 4) is 11.5 Å². The summed E-state index contributed by atoms with van der Waals surface area (Å²) in [6.45, 7) is 2.34. The van der Waals surface area contributed by atoms with Crippen LogP contribution in [-0.4, -0.2) is 27.0 Å². The first-order chi connectivity index (χ1) is 14.5. The first kappa shape index (κ1) is 18.2. The number of carbonyl (C=O) groups is 1. The zero-order valence-electron chi connectivity index (χ0n) is 16.6. The van der Waals surface area contributed by atoms with Gasteiger partial charge in [0.05, 0.1) is 11.7 Å². The highest BCUT2D eigenvalue weighted by Crippen LogP contribution is 2.33. The van der Waals surface area contributed by atoms with Crippen molar-refractivity contribution in [3.05, 3.63) is 64.6 Å². The average molecular weight is 404 g/mol. The van der Waals surface area contributed by atoms with E-state index in [4.69, 9.17) is 9.47 Å². The molecule has 8 heteroatoms. The normalized spacial score (nSPS) is 13.7. The Kier molecular flexibility index (Phi) is 4.20. The average Bonchev–Trinajstić information content (AvgIpc) is 3.36.